The van der Waals surface area contributed by atoms with Crippen LogP contribution in [-0.4, -0.2) is 41.4 Å². The molecule has 1 fully saturated rings. The maximum absolute atomic E-state index is 12.4. The summed E-state index contributed by atoms with van der Waals surface area (Å²) in [5, 5.41) is 2.85. The number of nitrogens with zero attached hydrogens (tertiary/aromatic N) is 2. The van der Waals surface area contributed by atoms with Gasteiger partial charge in [-0.3, -0.25) is 9.69 Å². The molecule has 0 N–H and O–H groups in total. The smallest absolute Gasteiger partial charge is 0.253 e. The minimum absolute atomic E-state index is 0.112. The molecule has 0 saturated carbocycles. The van der Waals surface area contributed by atoms with Gasteiger partial charge >= 0.3 is 0 Å². The Balaban J connectivity index is 1.36. The highest BCUT2D eigenvalue weighted by atomic mass is 35.5. The van der Waals surface area contributed by atoms with Crippen molar-refractivity contribution in [3.05, 3.63) is 56.7 Å². The van der Waals surface area contributed by atoms with Crippen molar-refractivity contribution in [3.8, 4) is 0 Å². The lowest BCUT2D eigenvalue weighted by molar-refractivity contribution is 0.0221. The minimum atomic E-state index is 0.112. The van der Waals surface area contributed by atoms with Crippen LogP contribution in [0, 0.1) is 0 Å². The second-order valence-corrected chi connectivity index (χ2v) is 7.40. The Kier molecular flexibility index (Phi) is 3.68. The Hall–Kier alpha value is -1.36. The van der Waals surface area contributed by atoms with Crippen molar-refractivity contribution >= 4 is 28.8 Å². The van der Waals surface area contributed by atoms with Gasteiger partial charge in [0.15, 0.2) is 0 Å². The number of fused-ring (bicyclic) bond motifs is 1. The van der Waals surface area contributed by atoms with Gasteiger partial charge in [-0.1, -0.05) is 11.6 Å². The summed E-state index contributed by atoms with van der Waals surface area (Å²) in [6.45, 7) is 3.81. The van der Waals surface area contributed by atoms with Crippen molar-refractivity contribution < 1.29 is 4.79 Å². The zero-order valence-corrected chi connectivity index (χ0v) is 13.7. The normalized spacial score (nSPS) is 18.9. The summed E-state index contributed by atoms with van der Waals surface area (Å²) in [6.07, 6.45) is 1.15. The third kappa shape index (κ3) is 2.56. The van der Waals surface area contributed by atoms with Gasteiger partial charge in [0.1, 0.15) is 0 Å². The lowest BCUT2D eigenvalue weighted by Gasteiger charge is -2.46. The van der Waals surface area contributed by atoms with Crippen LogP contribution in [0.2, 0.25) is 5.02 Å². The van der Waals surface area contributed by atoms with E-state index in [-0.39, 0.29) is 5.91 Å². The molecule has 4 rings (SSSR count). The molecule has 0 atom stereocenters. The van der Waals surface area contributed by atoms with Crippen LogP contribution >= 0.6 is 22.9 Å². The Morgan fingerprint density at radius 1 is 1.18 bits per heavy atom. The Bertz CT molecular complexity index is 691. The van der Waals surface area contributed by atoms with Crippen LogP contribution in [0.5, 0.6) is 0 Å². The summed E-state index contributed by atoms with van der Waals surface area (Å²) in [7, 11) is 0. The second kappa shape index (κ2) is 5.69. The van der Waals surface area contributed by atoms with Crippen molar-refractivity contribution in [3.63, 3.8) is 0 Å². The number of benzene rings is 1. The predicted octanol–water partition coefficient (Wildman–Crippen LogP) is 3.28. The van der Waals surface area contributed by atoms with Gasteiger partial charge in [0.25, 0.3) is 5.91 Å². The van der Waals surface area contributed by atoms with E-state index in [1.165, 1.54) is 10.4 Å². The molecule has 1 aromatic carbocycles. The van der Waals surface area contributed by atoms with Crippen LogP contribution in [-0.2, 0) is 13.0 Å². The maximum atomic E-state index is 12.4. The van der Waals surface area contributed by atoms with Crippen molar-refractivity contribution in [2.24, 2.45) is 0 Å². The van der Waals surface area contributed by atoms with Crippen LogP contribution in [0.4, 0.5) is 0 Å². The van der Waals surface area contributed by atoms with Gasteiger partial charge in [0.05, 0.1) is 0 Å². The molecule has 0 aliphatic carbocycles. The van der Waals surface area contributed by atoms with E-state index in [2.05, 4.69) is 16.3 Å². The molecule has 5 heteroatoms. The van der Waals surface area contributed by atoms with Gasteiger partial charge in [0, 0.05) is 47.7 Å². The summed E-state index contributed by atoms with van der Waals surface area (Å²) in [6, 6.07) is 9.89. The fraction of sp³-hybridized carbons (Fsp3) is 0.353. The van der Waals surface area contributed by atoms with Gasteiger partial charge in [-0.25, -0.2) is 0 Å². The van der Waals surface area contributed by atoms with E-state index in [0.29, 0.717) is 11.1 Å². The first kappa shape index (κ1) is 14.2. The van der Waals surface area contributed by atoms with Crippen LogP contribution in [0.15, 0.2) is 35.7 Å². The van der Waals surface area contributed by atoms with Crippen LogP contribution in [0.3, 0.4) is 0 Å². The molecule has 0 spiro atoms. The number of halogens is 1. The zero-order chi connectivity index (χ0) is 15.1. The highest BCUT2D eigenvalue weighted by Crippen LogP contribution is 2.28. The number of carbonyl (C=O) groups is 1. The van der Waals surface area contributed by atoms with E-state index >= 15 is 0 Å². The molecule has 3 nitrogen and oxygen atoms in total. The standard InChI is InChI=1S/C17H17ClN2OS/c18-14-3-1-12(2-4-14)17(21)20-10-15(11-20)19-7-5-16-13(9-19)6-8-22-16/h1-4,6,8,15H,5,7,9-11H2. The number of carbonyl (C=O) groups excluding carboxylic acids is 1. The third-order valence-electron chi connectivity index (χ3n) is 4.59. The molecule has 2 aliphatic heterocycles. The fourth-order valence-corrected chi connectivity index (χ4v) is 4.22. The highest BCUT2D eigenvalue weighted by Gasteiger charge is 2.36. The lowest BCUT2D eigenvalue weighted by Crippen LogP contribution is -2.61. The Morgan fingerprint density at radius 2 is 1.95 bits per heavy atom. The summed E-state index contributed by atoms with van der Waals surface area (Å²) in [4.78, 5) is 18.4. The summed E-state index contributed by atoms with van der Waals surface area (Å²) < 4.78 is 0. The molecule has 1 aromatic heterocycles. The molecule has 22 heavy (non-hydrogen) atoms. The van der Waals surface area contributed by atoms with E-state index in [4.69, 9.17) is 11.6 Å². The monoisotopic (exact) mass is 332 g/mol. The number of thiophene rings is 1. The van der Waals surface area contributed by atoms with E-state index in [9.17, 15) is 4.79 Å². The first-order chi connectivity index (χ1) is 10.7. The van der Waals surface area contributed by atoms with Crippen molar-refractivity contribution in [2.45, 2.75) is 19.0 Å². The predicted molar refractivity (Wildman–Crippen MR) is 89.6 cm³/mol. The van der Waals surface area contributed by atoms with E-state index in [1.807, 2.05) is 16.2 Å². The number of rotatable bonds is 2. The number of likely N-dealkylation sites (tertiary alicyclic amines) is 1. The molecule has 0 unspecified atom stereocenters. The fourth-order valence-electron chi connectivity index (χ4n) is 3.21. The molecular weight excluding hydrogens is 316 g/mol. The Labute approximate surface area is 139 Å². The zero-order valence-electron chi connectivity index (χ0n) is 12.2. The van der Waals surface area contributed by atoms with Crippen LogP contribution < -0.4 is 0 Å². The molecule has 1 amide bonds. The average Bonchev–Trinajstić information content (AvgIpc) is 2.94. The van der Waals surface area contributed by atoms with Gasteiger partial charge in [-0.05, 0) is 47.7 Å². The molecule has 2 aromatic rings. The van der Waals surface area contributed by atoms with E-state index in [0.717, 1.165) is 38.2 Å². The topological polar surface area (TPSA) is 23.6 Å². The number of amides is 1. The van der Waals surface area contributed by atoms with Gasteiger partial charge < -0.3 is 4.90 Å². The molecule has 2 aliphatic rings. The lowest BCUT2D eigenvalue weighted by atomic mass is 10.0. The molecular formula is C17H17ClN2OS. The minimum Gasteiger partial charge on any atom is -0.335 e. The number of hydrogen-bond acceptors (Lipinski definition) is 3. The second-order valence-electron chi connectivity index (χ2n) is 5.96. The highest BCUT2D eigenvalue weighted by molar-refractivity contribution is 7.10. The SMILES string of the molecule is O=C(c1ccc(Cl)cc1)N1CC(N2CCc3sccc3C2)C1. The van der Waals surface area contributed by atoms with Crippen molar-refractivity contribution in [2.75, 3.05) is 19.6 Å². The Morgan fingerprint density at radius 3 is 2.73 bits per heavy atom. The quantitative estimate of drug-likeness (QED) is 0.842. The molecule has 3 heterocycles. The summed E-state index contributed by atoms with van der Waals surface area (Å²) >= 11 is 7.74. The first-order valence-corrected chi connectivity index (χ1v) is 8.80. The van der Waals surface area contributed by atoms with Gasteiger partial charge in [-0.15, -0.1) is 11.3 Å². The molecule has 114 valence electrons. The third-order valence-corrected chi connectivity index (χ3v) is 5.87. The first-order valence-electron chi connectivity index (χ1n) is 7.55. The van der Waals surface area contributed by atoms with Gasteiger partial charge in [-0.2, -0.15) is 0 Å². The summed E-state index contributed by atoms with van der Waals surface area (Å²) in [5.41, 5.74) is 2.19. The number of hydrogen-bond donors (Lipinski definition) is 0. The van der Waals surface area contributed by atoms with E-state index < -0.39 is 0 Å². The maximum Gasteiger partial charge on any atom is 0.253 e. The molecule has 1 saturated heterocycles. The van der Waals surface area contributed by atoms with E-state index in [1.54, 1.807) is 24.3 Å². The van der Waals surface area contributed by atoms with Crippen molar-refractivity contribution in [1.29, 1.82) is 0 Å². The molecule has 0 radical (unpaired) electrons. The van der Waals surface area contributed by atoms with Crippen LogP contribution in [0.1, 0.15) is 20.8 Å². The van der Waals surface area contributed by atoms with Gasteiger partial charge in [0.2, 0.25) is 0 Å². The average molecular weight is 333 g/mol. The van der Waals surface area contributed by atoms with Crippen LogP contribution in [0.25, 0.3) is 0 Å². The molecule has 0 bridgehead atoms. The largest absolute Gasteiger partial charge is 0.335 e. The van der Waals surface area contributed by atoms with Crippen molar-refractivity contribution in [1.82, 2.24) is 9.80 Å². The summed E-state index contributed by atoms with van der Waals surface area (Å²) in [5.74, 6) is 0.112.